The molecule has 2 aromatic carbocycles. The zero-order chi connectivity index (χ0) is 28.1. The summed E-state index contributed by atoms with van der Waals surface area (Å²) in [4.78, 5) is 4.55. The number of rotatable bonds is 5. The topological polar surface area (TPSA) is 35.8 Å². The highest BCUT2D eigenvalue weighted by molar-refractivity contribution is 5.72. The number of aryl methyl sites for hydroxylation is 1. The van der Waals surface area contributed by atoms with E-state index < -0.39 is 25.4 Å². The average Bonchev–Trinajstić information content (AvgIpc) is 3.20. The highest BCUT2D eigenvalue weighted by Crippen LogP contribution is 2.30. The first-order valence-corrected chi connectivity index (χ1v) is 10.1. The fourth-order valence-corrected chi connectivity index (χ4v) is 3.50. The number of benzene rings is 2. The fourth-order valence-electron chi connectivity index (χ4n) is 3.50. The lowest BCUT2D eigenvalue weighted by Gasteiger charge is -2.21. The minimum Gasteiger partial charge on any atom is -0.491 e. The molecule has 4 rings (SSSR count). The van der Waals surface area contributed by atoms with Gasteiger partial charge in [-0.15, -0.1) is 0 Å². The number of ether oxygens (including phenoxy) is 2. The average molecular weight is 422 g/mol. The Morgan fingerprint density at radius 1 is 1.03 bits per heavy atom. The Balaban J connectivity index is 1.63. The van der Waals surface area contributed by atoms with Crippen molar-refractivity contribution in [2.24, 2.45) is 0 Å². The molecule has 0 aliphatic rings. The van der Waals surface area contributed by atoms with Crippen LogP contribution in [0.25, 0.3) is 28.0 Å². The van der Waals surface area contributed by atoms with E-state index in [4.69, 9.17) is 19.1 Å². The van der Waals surface area contributed by atoms with Crippen LogP contribution in [0, 0.1) is 6.92 Å². The lowest BCUT2D eigenvalue weighted by atomic mass is 10.0. The van der Waals surface area contributed by atoms with E-state index in [0.717, 1.165) is 33.6 Å². The molecule has 4 heteroatoms. The molecule has 0 radical (unpaired) electrons. The molecule has 0 aliphatic heterocycles. The van der Waals surface area contributed by atoms with Crippen LogP contribution in [0.3, 0.4) is 0 Å². The number of pyridine rings is 1. The van der Waals surface area contributed by atoms with Gasteiger partial charge >= 0.3 is 0 Å². The minimum atomic E-state index is -2.58. The van der Waals surface area contributed by atoms with Crippen molar-refractivity contribution in [2.75, 3.05) is 0 Å². The number of hydrogen-bond donors (Lipinski definition) is 0. The minimum absolute atomic E-state index is 0.299. The largest absolute Gasteiger partial charge is 0.491 e. The maximum Gasteiger partial charge on any atom is 0.137 e. The Hall–Kier alpha value is -3.27. The summed E-state index contributed by atoms with van der Waals surface area (Å²) < 4.78 is 66.7. The molecule has 31 heavy (non-hydrogen) atoms. The van der Waals surface area contributed by atoms with Gasteiger partial charge < -0.3 is 9.47 Å². The first kappa shape index (κ1) is 13.9. The molecule has 0 aliphatic carbocycles. The van der Waals surface area contributed by atoms with E-state index in [-0.39, 0.29) is 0 Å². The van der Waals surface area contributed by atoms with Crippen LogP contribution in [0.2, 0.25) is 0 Å². The summed E-state index contributed by atoms with van der Waals surface area (Å²) in [5.74, 6) is 0.762. The van der Waals surface area contributed by atoms with E-state index in [9.17, 15) is 0 Å². The van der Waals surface area contributed by atoms with Gasteiger partial charge in [-0.2, -0.15) is 0 Å². The van der Waals surface area contributed by atoms with Crippen LogP contribution in [-0.2, 0) is 0 Å². The molecule has 0 saturated heterocycles. The molecule has 1 unspecified atom stereocenters. The number of imidazole rings is 1. The van der Waals surface area contributed by atoms with Crippen LogP contribution in [0.4, 0.5) is 0 Å². The zero-order valence-corrected chi connectivity index (χ0v) is 18.1. The van der Waals surface area contributed by atoms with E-state index in [0.29, 0.717) is 11.5 Å². The van der Waals surface area contributed by atoms with Crippen LogP contribution < -0.4 is 9.47 Å². The summed E-state index contributed by atoms with van der Waals surface area (Å²) >= 11 is 0. The van der Waals surface area contributed by atoms with E-state index in [2.05, 4.69) is 4.98 Å². The molecule has 2 heterocycles. The van der Waals surface area contributed by atoms with Gasteiger partial charge in [0.2, 0.25) is 0 Å². The van der Waals surface area contributed by atoms with E-state index in [1.807, 2.05) is 47.9 Å². The van der Waals surface area contributed by atoms with Crippen molar-refractivity contribution in [3.05, 3.63) is 72.6 Å². The van der Waals surface area contributed by atoms with Gasteiger partial charge in [0.15, 0.2) is 0 Å². The number of nitrogens with zero attached hydrogens (tertiary/aromatic N) is 2. The molecule has 0 fully saturated rings. The zero-order valence-electron chi connectivity index (χ0n) is 25.1. The molecule has 0 amide bonds. The summed E-state index contributed by atoms with van der Waals surface area (Å²) in [7, 11) is 0. The third-order valence-corrected chi connectivity index (χ3v) is 4.81. The summed E-state index contributed by atoms with van der Waals surface area (Å²) in [5.41, 5.74) is 4.04. The summed E-state index contributed by atoms with van der Waals surface area (Å²) in [5, 5.41) is 0. The molecule has 4 aromatic rings. The van der Waals surface area contributed by atoms with Crippen LogP contribution >= 0.6 is 0 Å². The maximum atomic E-state index is 8.00. The van der Waals surface area contributed by atoms with Gasteiger partial charge in [0.05, 0.1) is 19.3 Å². The second-order valence-corrected chi connectivity index (χ2v) is 8.06. The smallest absolute Gasteiger partial charge is 0.137 e. The van der Waals surface area contributed by atoms with Crippen LogP contribution in [0.15, 0.2) is 67.0 Å². The van der Waals surface area contributed by atoms with Crippen molar-refractivity contribution in [1.29, 1.82) is 0 Å². The predicted molar refractivity (Wildman–Crippen MR) is 127 cm³/mol. The molecule has 160 valence electrons. The molecular formula is C27H30N2O2. The number of fused-ring (bicyclic) bond motifs is 1. The first-order chi connectivity index (χ1) is 17.5. The van der Waals surface area contributed by atoms with Gasteiger partial charge in [0.1, 0.15) is 22.7 Å². The maximum absolute atomic E-state index is 8.00. The fraction of sp³-hybridized carbons (Fsp3) is 0.296. The Labute approximate surface area is 194 Å². The van der Waals surface area contributed by atoms with Gasteiger partial charge in [-0.05, 0) is 95.0 Å². The molecule has 0 N–H and O–H groups in total. The lowest BCUT2D eigenvalue weighted by Crippen LogP contribution is -2.22. The van der Waals surface area contributed by atoms with Gasteiger partial charge in [-0.1, -0.05) is 12.1 Å². The summed E-state index contributed by atoms with van der Waals surface area (Å²) in [6.45, 7) is 1.45. The van der Waals surface area contributed by atoms with Crippen molar-refractivity contribution in [2.45, 2.75) is 53.1 Å². The SMILES string of the molecule is [2H]C([2H])([2H])C([2H])(C)Oc1ccc(-c2cn3c(-c4ccc(OC(C)(C)C([2H])([2H])[2H])cc4)cnc3cc2C)cc1. The summed E-state index contributed by atoms with van der Waals surface area (Å²) in [6.07, 6.45) is 1.71. The third-order valence-electron chi connectivity index (χ3n) is 4.81. The van der Waals surface area contributed by atoms with Gasteiger partial charge in [-0.3, -0.25) is 4.40 Å². The second kappa shape index (κ2) is 8.10. The second-order valence-electron chi connectivity index (χ2n) is 8.06. The monoisotopic (exact) mass is 421 g/mol. The Bertz CT molecular complexity index is 1440. The van der Waals surface area contributed by atoms with Gasteiger partial charge in [-0.25, -0.2) is 4.98 Å². The number of aromatic nitrogens is 2. The van der Waals surface area contributed by atoms with E-state index in [1.54, 1.807) is 44.3 Å². The summed E-state index contributed by atoms with van der Waals surface area (Å²) in [6, 6.07) is 16.2. The van der Waals surface area contributed by atoms with Crippen LogP contribution in [0.1, 0.15) is 49.6 Å². The molecule has 0 bridgehead atoms. The standard InChI is InChI=1S/C27H30N2O2/c1-18(2)30-22-11-7-20(8-12-22)24-17-29-25(16-28-26(29)15-19(24)3)21-9-13-23(14-10-21)31-27(4,5)6/h7-18H,1-6H3/i1D3,4D3,18D. The van der Waals surface area contributed by atoms with Crippen molar-refractivity contribution in [3.8, 4) is 33.9 Å². The van der Waals surface area contributed by atoms with Gasteiger partial charge in [0.25, 0.3) is 0 Å². The van der Waals surface area contributed by atoms with Crippen molar-refractivity contribution in [1.82, 2.24) is 9.38 Å². The van der Waals surface area contributed by atoms with E-state index >= 15 is 0 Å². The van der Waals surface area contributed by atoms with Crippen LogP contribution in [0.5, 0.6) is 11.5 Å². The molecule has 4 nitrogen and oxygen atoms in total. The molecule has 2 aromatic heterocycles. The van der Waals surface area contributed by atoms with Crippen molar-refractivity contribution in [3.63, 3.8) is 0 Å². The number of hydrogen-bond acceptors (Lipinski definition) is 3. The Morgan fingerprint density at radius 2 is 1.71 bits per heavy atom. The predicted octanol–water partition coefficient (Wildman–Crippen LogP) is 6.94. The van der Waals surface area contributed by atoms with E-state index in [1.165, 1.54) is 6.92 Å². The molecule has 0 saturated carbocycles. The lowest BCUT2D eigenvalue weighted by molar-refractivity contribution is 0.131. The Kier molecular flexibility index (Phi) is 3.64. The van der Waals surface area contributed by atoms with Crippen LogP contribution in [-0.4, -0.2) is 21.1 Å². The highest BCUT2D eigenvalue weighted by Gasteiger charge is 2.13. The normalized spacial score (nSPS) is 17.9. The quantitative estimate of drug-likeness (QED) is 0.350. The molecule has 0 spiro atoms. The third kappa shape index (κ3) is 4.74. The molecular weight excluding hydrogens is 384 g/mol. The van der Waals surface area contributed by atoms with Crippen molar-refractivity contribution < 1.29 is 19.1 Å². The molecule has 1 atom stereocenters. The van der Waals surface area contributed by atoms with Crippen molar-refractivity contribution >= 4 is 5.65 Å². The van der Waals surface area contributed by atoms with Gasteiger partial charge in [0, 0.05) is 25.5 Å². The first-order valence-electron chi connectivity index (χ1n) is 13.6. The highest BCUT2D eigenvalue weighted by atomic mass is 16.5. The Morgan fingerprint density at radius 3 is 2.39 bits per heavy atom.